The van der Waals surface area contributed by atoms with Crippen molar-refractivity contribution in [3.8, 4) is 0 Å². The van der Waals surface area contributed by atoms with Crippen LogP contribution in [0.1, 0.15) is 47.8 Å². The van der Waals surface area contributed by atoms with Gasteiger partial charge in [-0.15, -0.1) is 0 Å². The van der Waals surface area contributed by atoms with Gasteiger partial charge in [0.15, 0.2) is 0 Å². The number of H-pyrrole nitrogens is 1. The Hall–Kier alpha value is -1.90. The summed E-state index contributed by atoms with van der Waals surface area (Å²) in [5, 5.41) is 6.47. The van der Waals surface area contributed by atoms with Gasteiger partial charge in [-0.3, -0.25) is 9.89 Å². The number of rotatable bonds is 4. The van der Waals surface area contributed by atoms with Crippen molar-refractivity contribution in [3.63, 3.8) is 0 Å². The molecule has 0 aliphatic carbocycles. The Kier molecular flexibility index (Phi) is 3.38. The van der Waals surface area contributed by atoms with Gasteiger partial charge < -0.3 is 0 Å². The molecule has 1 aromatic heterocycles. The zero-order valence-electron chi connectivity index (χ0n) is 10.1. The van der Waals surface area contributed by atoms with Crippen molar-refractivity contribution in [1.29, 1.82) is 0 Å². The lowest BCUT2D eigenvalue weighted by Gasteiger charge is -2.08. The number of aromatic nitrogens is 2. The predicted octanol–water partition coefficient (Wildman–Crippen LogP) is 3.15. The standard InChI is InChI=1S/C14H16N2O/c1-3-10(2)11-4-6-12(7-5-11)14(17)13-8-9-15-16-13/h4-10H,3H2,1-2H3,(H,15,16). The Bertz CT molecular complexity index is 485. The average molecular weight is 228 g/mol. The molecule has 1 N–H and O–H groups in total. The fourth-order valence-corrected chi connectivity index (χ4v) is 1.74. The van der Waals surface area contributed by atoms with Gasteiger partial charge in [0.2, 0.25) is 5.78 Å². The fourth-order valence-electron chi connectivity index (χ4n) is 1.74. The molecule has 0 spiro atoms. The Balaban J connectivity index is 2.21. The summed E-state index contributed by atoms with van der Waals surface area (Å²) >= 11 is 0. The first-order valence-corrected chi connectivity index (χ1v) is 5.86. The minimum Gasteiger partial charge on any atom is -0.287 e. The summed E-state index contributed by atoms with van der Waals surface area (Å²) in [7, 11) is 0. The zero-order chi connectivity index (χ0) is 12.3. The molecule has 3 heteroatoms. The van der Waals surface area contributed by atoms with Crippen molar-refractivity contribution in [1.82, 2.24) is 10.2 Å². The summed E-state index contributed by atoms with van der Waals surface area (Å²) in [6.07, 6.45) is 2.69. The van der Waals surface area contributed by atoms with Crippen molar-refractivity contribution in [2.24, 2.45) is 0 Å². The number of carbonyl (C=O) groups is 1. The van der Waals surface area contributed by atoms with E-state index >= 15 is 0 Å². The first kappa shape index (κ1) is 11.6. The van der Waals surface area contributed by atoms with Gasteiger partial charge in [-0.1, -0.05) is 38.1 Å². The topological polar surface area (TPSA) is 45.8 Å². The molecule has 0 saturated carbocycles. The highest BCUT2D eigenvalue weighted by Gasteiger charge is 2.10. The maximum Gasteiger partial charge on any atom is 0.210 e. The van der Waals surface area contributed by atoms with E-state index in [1.807, 2.05) is 24.3 Å². The molecule has 0 amide bonds. The monoisotopic (exact) mass is 228 g/mol. The van der Waals surface area contributed by atoms with E-state index in [4.69, 9.17) is 0 Å². The lowest BCUT2D eigenvalue weighted by atomic mass is 9.96. The smallest absolute Gasteiger partial charge is 0.210 e. The molecule has 1 aromatic carbocycles. The summed E-state index contributed by atoms with van der Waals surface area (Å²) in [6.45, 7) is 4.35. The Morgan fingerprint density at radius 1 is 1.29 bits per heavy atom. The highest BCUT2D eigenvalue weighted by atomic mass is 16.1. The van der Waals surface area contributed by atoms with Crippen LogP contribution in [0.5, 0.6) is 0 Å². The quantitative estimate of drug-likeness (QED) is 0.817. The van der Waals surface area contributed by atoms with E-state index < -0.39 is 0 Å². The molecule has 1 unspecified atom stereocenters. The Morgan fingerprint density at radius 2 is 2.00 bits per heavy atom. The van der Waals surface area contributed by atoms with E-state index in [2.05, 4.69) is 24.0 Å². The Morgan fingerprint density at radius 3 is 2.53 bits per heavy atom. The minimum absolute atomic E-state index is 0.0156. The third-order valence-electron chi connectivity index (χ3n) is 3.10. The fraction of sp³-hybridized carbons (Fsp3) is 0.286. The number of hydrogen-bond donors (Lipinski definition) is 1. The van der Waals surface area contributed by atoms with Crippen LogP contribution in [0, 0.1) is 0 Å². The number of ketones is 1. The molecule has 2 aromatic rings. The second-order valence-electron chi connectivity index (χ2n) is 4.23. The normalized spacial score (nSPS) is 12.4. The van der Waals surface area contributed by atoms with E-state index in [9.17, 15) is 4.79 Å². The highest BCUT2D eigenvalue weighted by molar-refractivity contribution is 6.07. The summed E-state index contributed by atoms with van der Waals surface area (Å²) < 4.78 is 0. The summed E-state index contributed by atoms with van der Waals surface area (Å²) in [5.41, 5.74) is 2.50. The van der Waals surface area contributed by atoms with Crippen molar-refractivity contribution in [2.45, 2.75) is 26.2 Å². The molecule has 88 valence electrons. The predicted molar refractivity (Wildman–Crippen MR) is 67.2 cm³/mol. The second-order valence-corrected chi connectivity index (χ2v) is 4.23. The van der Waals surface area contributed by atoms with Crippen molar-refractivity contribution in [3.05, 3.63) is 53.3 Å². The zero-order valence-corrected chi connectivity index (χ0v) is 10.1. The van der Waals surface area contributed by atoms with Crippen LogP contribution in [-0.2, 0) is 0 Å². The van der Waals surface area contributed by atoms with Gasteiger partial charge in [-0.05, 0) is 24.0 Å². The van der Waals surface area contributed by atoms with Crippen molar-refractivity contribution < 1.29 is 4.79 Å². The summed E-state index contributed by atoms with van der Waals surface area (Å²) in [6, 6.07) is 9.50. The lowest BCUT2D eigenvalue weighted by molar-refractivity contribution is 0.103. The third kappa shape index (κ3) is 2.44. The molecular weight excluding hydrogens is 212 g/mol. The maximum atomic E-state index is 12.0. The van der Waals surface area contributed by atoms with E-state index in [0.717, 1.165) is 6.42 Å². The van der Waals surface area contributed by atoms with Gasteiger partial charge in [0.05, 0.1) is 0 Å². The minimum atomic E-state index is -0.0156. The van der Waals surface area contributed by atoms with E-state index in [-0.39, 0.29) is 5.78 Å². The number of aromatic amines is 1. The number of carbonyl (C=O) groups excluding carboxylic acids is 1. The Labute approximate surface area is 101 Å². The maximum absolute atomic E-state index is 12.0. The van der Waals surface area contributed by atoms with Crippen molar-refractivity contribution >= 4 is 5.78 Å². The molecule has 1 heterocycles. The van der Waals surface area contributed by atoms with Gasteiger partial charge in [-0.2, -0.15) is 5.10 Å². The van der Waals surface area contributed by atoms with E-state index in [1.165, 1.54) is 5.56 Å². The second kappa shape index (κ2) is 4.95. The van der Waals surface area contributed by atoms with E-state index in [0.29, 0.717) is 17.2 Å². The SMILES string of the molecule is CCC(C)c1ccc(C(=O)c2ccn[nH]2)cc1. The highest BCUT2D eigenvalue weighted by Crippen LogP contribution is 2.19. The van der Waals surface area contributed by atoms with Crippen LogP contribution in [0.15, 0.2) is 36.5 Å². The van der Waals surface area contributed by atoms with Crippen LogP contribution < -0.4 is 0 Å². The summed E-state index contributed by atoms with van der Waals surface area (Å²) in [5.74, 6) is 0.518. The molecule has 0 aliphatic heterocycles. The molecule has 2 rings (SSSR count). The summed E-state index contributed by atoms with van der Waals surface area (Å²) in [4.78, 5) is 12.0. The van der Waals surface area contributed by atoms with Crippen molar-refractivity contribution in [2.75, 3.05) is 0 Å². The van der Waals surface area contributed by atoms with Gasteiger partial charge in [0.25, 0.3) is 0 Å². The number of nitrogens with zero attached hydrogens (tertiary/aromatic N) is 1. The largest absolute Gasteiger partial charge is 0.287 e. The van der Waals surface area contributed by atoms with Crippen LogP contribution in [0.25, 0.3) is 0 Å². The molecular formula is C14H16N2O. The molecule has 0 radical (unpaired) electrons. The number of hydrogen-bond acceptors (Lipinski definition) is 2. The lowest BCUT2D eigenvalue weighted by Crippen LogP contribution is -2.02. The van der Waals surface area contributed by atoms with Gasteiger partial charge >= 0.3 is 0 Å². The molecule has 0 saturated heterocycles. The van der Waals surface area contributed by atoms with Crippen LogP contribution in [0.2, 0.25) is 0 Å². The van der Waals surface area contributed by atoms with Gasteiger partial charge in [0.1, 0.15) is 5.69 Å². The molecule has 0 aliphatic rings. The van der Waals surface area contributed by atoms with Gasteiger partial charge in [0, 0.05) is 11.8 Å². The average Bonchev–Trinajstić information content (AvgIpc) is 2.91. The number of benzene rings is 1. The molecule has 1 atom stereocenters. The van der Waals surface area contributed by atoms with Crippen LogP contribution in [0.4, 0.5) is 0 Å². The molecule has 0 fully saturated rings. The molecule has 3 nitrogen and oxygen atoms in total. The van der Waals surface area contributed by atoms with Crippen LogP contribution in [-0.4, -0.2) is 16.0 Å². The van der Waals surface area contributed by atoms with E-state index in [1.54, 1.807) is 12.3 Å². The van der Waals surface area contributed by atoms with Gasteiger partial charge in [-0.25, -0.2) is 0 Å². The van der Waals surface area contributed by atoms with Crippen LogP contribution >= 0.6 is 0 Å². The first-order valence-electron chi connectivity index (χ1n) is 5.86. The molecule has 17 heavy (non-hydrogen) atoms. The first-order chi connectivity index (χ1) is 8.22. The van der Waals surface area contributed by atoms with Crippen LogP contribution in [0.3, 0.4) is 0 Å². The molecule has 0 bridgehead atoms. The third-order valence-corrected chi connectivity index (χ3v) is 3.10. The number of nitrogens with one attached hydrogen (secondary N) is 1.